The Morgan fingerprint density at radius 3 is 3.00 bits per heavy atom. The lowest BCUT2D eigenvalue weighted by Gasteiger charge is -2.08. The van der Waals surface area contributed by atoms with Crippen molar-refractivity contribution < 1.29 is 9.90 Å². The Kier molecular flexibility index (Phi) is 5.12. The lowest BCUT2D eigenvalue weighted by atomic mass is 10.2. The smallest absolute Gasteiger partial charge is 0.220 e. The number of H-pyrrole nitrogens is 1. The van der Waals surface area contributed by atoms with Gasteiger partial charge in [-0.15, -0.1) is 0 Å². The summed E-state index contributed by atoms with van der Waals surface area (Å²) in [4.78, 5) is 19.3. The summed E-state index contributed by atoms with van der Waals surface area (Å²) in [7, 11) is 0. The molecule has 5 nitrogen and oxygen atoms in total. The molecule has 5 heteroatoms. The van der Waals surface area contributed by atoms with Crippen molar-refractivity contribution in [1.29, 1.82) is 0 Å². The SMILES string of the molecule is CCC(O)CCNC(=O)CCc1nc2ccccc2[nH]1. The maximum absolute atomic E-state index is 11.7. The number of aryl methyl sites for hydroxylation is 1. The first kappa shape index (κ1) is 14.5. The molecule has 1 atom stereocenters. The predicted octanol–water partition coefficient (Wildman–Crippen LogP) is 1.77. The normalized spacial score (nSPS) is 12.5. The van der Waals surface area contributed by atoms with E-state index in [1.165, 1.54) is 0 Å². The average Bonchev–Trinajstić information content (AvgIpc) is 2.87. The minimum atomic E-state index is -0.328. The van der Waals surface area contributed by atoms with Crippen LogP contribution in [0, 0.1) is 0 Å². The van der Waals surface area contributed by atoms with E-state index in [1.54, 1.807) is 0 Å². The Morgan fingerprint density at radius 2 is 2.25 bits per heavy atom. The van der Waals surface area contributed by atoms with Crippen LogP contribution in [0.5, 0.6) is 0 Å². The third kappa shape index (κ3) is 4.06. The van der Waals surface area contributed by atoms with Crippen molar-refractivity contribution in [1.82, 2.24) is 15.3 Å². The highest BCUT2D eigenvalue weighted by atomic mass is 16.3. The molecular weight excluding hydrogens is 254 g/mol. The molecule has 0 bridgehead atoms. The number of aliphatic hydroxyl groups excluding tert-OH is 1. The van der Waals surface area contributed by atoms with Gasteiger partial charge in [0.1, 0.15) is 5.82 Å². The number of nitrogens with zero attached hydrogens (tertiary/aromatic N) is 1. The average molecular weight is 275 g/mol. The minimum absolute atomic E-state index is 0.00578. The van der Waals surface area contributed by atoms with Gasteiger partial charge < -0.3 is 15.4 Å². The Balaban J connectivity index is 1.75. The number of imidazole rings is 1. The number of amides is 1. The monoisotopic (exact) mass is 275 g/mol. The van der Waals surface area contributed by atoms with E-state index >= 15 is 0 Å². The van der Waals surface area contributed by atoms with Gasteiger partial charge >= 0.3 is 0 Å². The number of aromatic nitrogens is 2. The minimum Gasteiger partial charge on any atom is -0.393 e. The van der Waals surface area contributed by atoms with E-state index in [-0.39, 0.29) is 12.0 Å². The quantitative estimate of drug-likeness (QED) is 0.720. The van der Waals surface area contributed by atoms with E-state index in [1.807, 2.05) is 31.2 Å². The second-order valence-electron chi connectivity index (χ2n) is 4.90. The molecule has 1 unspecified atom stereocenters. The van der Waals surface area contributed by atoms with Crippen LogP contribution in [-0.4, -0.2) is 33.6 Å². The van der Waals surface area contributed by atoms with Crippen LogP contribution in [0.2, 0.25) is 0 Å². The molecule has 0 aliphatic heterocycles. The number of carbonyl (C=O) groups is 1. The van der Waals surface area contributed by atoms with Crippen molar-refractivity contribution in [2.45, 2.75) is 38.7 Å². The number of benzene rings is 1. The van der Waals surface area contributed by atoms with Crippen LogP contribution in [0.1, 0.15) is 32.0 Å². The van der Waals surface area contributed by atoms with Gasteiger partial charge in [-0.05, 0) is 25.0 Å². The molecule has 20 heavy (non-hydrogen) atoms. The topological polar surface area (TPSA) is 78.0 Å². The molecule has 0 spiro atoms. The summed E-state index contributed by atoms with van der Waals surface area (Å²) < 4.78 is 0. The highest BCUT2D eigenvalue weighted by Crippen LogP contribution is 2.11. The van der Waals surface area contributed by atoms with Gasteiger partial charge in [0, 0.05) is 19.4 Å². The number of para-hydroxylation sites is 2. The summed E-state index contributed by atoms with van der Waals surface area (Å²) >= 11 is 0. The van der Waals surface area contributed by atoms with Crippen LogP contribution in [0.4, 0.5) is 0 Å². The fraction of sp³-hybridized carbons (Fsp3) is 0.467. The number of aromatic amines is 1. The summed E-state index contributed by atoms with van der Waals surface area (Å²) in [5, 5.41) is 12.2. The van der Waals surface area contributed by atoms with E-state index in [0.717, 1.165) is 23.3 Å². The molecule has 108 valence electrons. The molecule has 1 aromatic carbocycles. The van der Waals surface area contributed by atoms with Crippen molar-refractivity contribution in [3.63, 3.8) is 0 Å². The number of aliphatic hydroxyl groups is 1. The van der Waals surface area contributed by atoms with Crippen molar-refractivity contribution in [2.75, 3.05) is 6.54 Å². The standard InChI is InChI=1S/C15H21N3O2/c1-2-11(19)9-10-16-15(20)8-7-14-17-12-5-3-4-6-13(12)18-14/h3-6,11,19H,2,7-10H2,1H3,(H,16,20)(H,17,18). The maximum Gasteiger partial charge on any atom is 0.220 e. The van der Waals surface area contributed by atoms with E-state index in [0.29, 0.717) is 25.8 Å². The van der Waals surface area contributed by atoms with E-state index in [9.17, 15) is 9.90 Å². The molecule has 0 saturated carbocycles. The summed E-state index contributed by atoms with van der Waals surface area (Å²) in [6.45, 7) is 2.45. The molecule has 2 aromatic rings. The summed E-state index contributed by atoms with van der Waals surface area (Å²) in [6.07, 6.45) is 1.99. The number of carbonyl (C=O) groups excluding carboxylic acids is 1. The van der Waals surface area contributed by atoms with Crippen molar-refractivity contribution >= 4 is 16.9 Å². The number of fused-ring (bicyclic) bond motifs is 1. The van der Waals surface area contributed by atoms with Crippen LogP contribution in [0.3, 0.4) is 0 Å². The molecule has 1 aromatic heterocycles. The molecule has 0 aliphatic rings. The number of hydrogen-bond acceptors (Lipinski definition) is 3. The first-order valence-corrected chi connectivity index (χ1v) is 7.07. The van der Waals surface area contributed by atoms with E-state index in [4.69, 9.17) is 0 Å². The zero-order valence-electron chi connectivity index (χ0n) is 11.7. The first-order valence-electron chi connectivity index (χ1n) is 7.07. The van der Waals surface area contributed by atoms with Crippen molar-refractivity contribution in [3.8, 4) is 0 Å². The Morgan fingerprint density at radius 1 is 1.45 bits per heavy atom. The lowest BCUT2D eigenvalue weighted by Crippen LogP contribution is -2.27. The van der Waals surface area contributed by atoms with Crippen LogP contribution >= 0.6 is 0 Å². The van der Waals surface area contributed by atoms with Gasteiger partial charge in [0.2, 0.25) is 5.91 Å². The van der Waals surface area contributed by atoms with Gasteiger partial charge in [-0.2, -0.15) is 0 Å². The van der Waals surface area contributed by atoms with Gasteiger partial charge in [0.15, 0.2) is 0 Å². The molecule has 0 fully saturated rings. The van der Waals surface area contributed by atoms with E-state index < -0.39 is 0 Å². The van der Waals surface area contributed by atoms with E-state index in [2.05, 4.69) is 15.3 Å². The number of hydrogen-bond donors (Lipinski definition) is 3. The Hall–Kier alpha value is -1.88. The Labute approximate surface area is 118 Å². The van der Waals surface area contributed by atoms with Crippen LogP contribution < -0.4 is 5.32 Å². The highest BCUT2D eigenvalue weighted by Gasteiger charge is 2.07. The second kappa shape index (κ2) is 7.05. The first-order chi connectivity index (χ1) is 9.69. The number of rotatable bonds is 7. The lowest BCUT2D eigenvalue weighted by molar-refractivity contribution is -0.121. The number of nitrogens with one attached hydrogen (secondary N) is 2. The molecule has 0 radical (unpaired) electrons. The largest absolute Gasteiger partial charge is 0.393 e. The fourth-order valence-corrected chi connectivity index (χ4v) is 2.03. The zero-order chi connectivity index (χ0) is 14.4. The summed E-state index contributed by atoms with van der Waals surface area (Å²) in [5.74, 6) is 0.823. The van der Waals surface area contributed by atoms with Gasteiger partial charge in [-0.25, -0.2) is 4.98 Å². The molecule has 1 heterocycles. The van der Waals surface area contributed by atoms with Crippen LogP contribution in [0.15, 0.2) is 24.3 Å². The molecule has 2 rings (SSSR count). The van der Waals surface area contributed by atoms with Crippen molar-refractivity contribution in [3.05, 3.63) is 30.1 Å². The third-order valence-electron chi connectivity index (χ3n) is 3.30. The zero-order valence-corrected chi connectivity index (χ0v) is 11.7. The summed E-state index contributed by atoms with van der Waals surface area (Å²) in [5.41, 5.74) is 1.92. The van der Waals surface area contributed by atoms with Crippen LogP contribution in [-0.2, 0) is 11.2 Å². The molecular formula is C15H21N3O2. The van der Waals surface area contributed by atoms with Gasteiger partial charge in [0.25, 0.3) is 0 Å². The molecule has 0 saturated heterocycles. The maximum atomic E-state index is 11.7. The van der Waals surface area contributed by atoms with Crippen molar-refractivity contribution in [2.24, 2.45) is 0 Å². The molecule has 1 amide bonds. The summed E-state index contributed by atoms with van der Waals surface area (Å²) in [6, 6.07) is 7.81. The highest BCUT2D eigenvalue weighted by molar-refractivity contribution is 5.77. The third-order valence-corrected chi connectivity index (χ3v) is 3.30. The predicted molar refractivity (Wildman–Crippen MR) is 78.3 cm³/mol. The van der Waals surface area contributed by atoms with Gasteiger partial charge in [0.05, 0.1) is 17.1 Å². The Bertz CT molecular complexity index is 532. The van der Waals surface area contributed by atoms with Crippen LogP contribution in [0.25, 0.3) is 11.0 Å². The molecule has 0 aliphatic carbocycles. The molecule has 3 N–H and O–H groups in total. The van der Waals surface area contributed by atoms with Gasteiger partial charge in [-0.3, -0.25) is 4.79 Å². The fourth-order valence-electron chi connectivity index (χ4n) is 2.03. The van der Waals surface area contributed by atoms with Gasteiger partial charge in [-0.1, -0.05) is 19.1 Å². The second-order valence-corrected chi connectivity index (χ2v) is 4.90.